The molecule has 0 aliphatic carbocycles. The zero-order valence-electron chi connectivity index (χ0n) is 9.23. The number of nitrogens with zero attached hydrogens (tertiary/aromatic N) is 1. The first kappa shape index (κ1) is 13.5. The van der Waals surface area contributed by atoms with Gasteiger partial charge in [-0.3, -0.25) is 0 Å². The maximum Gasteiger partial charge on any atom is 0.446 e. The Morgan fingerprint density at radius 2 is 2.16 bits per heavy atom. The molecule has 0 atom stereocenters. The van der Waals surface area contributed by atoms with E-state index in [1.807, 2.05) is 0 Å². The Morgan fingerprint density at radius 3 is 2.79 bits per heavy atom. The summed E-state index contributed by atoms with van der Waals surface area (Å²) in [6.45, 7) is 0. The van der Waals surface area contributed by atoms with Crippen molar-refractivity contribution in [3.63, 3.8) is 0 Å². The molecule has 1 aromatic carbocycles. The number of hydrogen-bond donors (Lipinski definition) is 2. The molecule has 0 radical (unpaired) electrons. The van der Waals surface area contributed by atoms with Gasteiger partial charge in [0.1, 0.15) is 0 Å². The number of halogens is 3. The number of imidazole rings is 1. The van der Waals surface area contributed by atoms with Crippen molar-refractivity contribution in [2.75, 3.05) is 0 Å². The molecule has 0 bridgehead atoms. The Morgan fingerprint density at radius 1 is 1.42 bits per heavy atom. The molecule has 4 nitrogen and oxygen atoms in total. The summed E-state index contributed by atoms with van der Waals surface area (Å²) in [6.07, 6.45) is 3.40. The number of aliphatic carboxylic acids is 1. The van der Waals surface area contributed by atoms with Crippen LogP contribution in [0.15, 0.2) is 29.4 Å². The topological polar surface area (TPSA) is 66.0 Å². The number of carbonyl (C=O) groups is 1. The number of hydrogen-bond acceptors (Lipinski definition) is 3. The molecule has 2 N–H and O–H groups in total. The van der Waals surface area contributed by atoms with E-state index in [0.717, 1.165) is 6.08 Å². The summed E-state index contributed by atoms with van der Waals surface area (Å²) in [6, 6.07) is 2.57. The predicted molar refractivity (Wildman–Crippen MR) is 64.7 cm³/mol. The van der Waals surface area contributed by atoms with Crippen LogP contribution in [0.2, 0.25) is 0 Å². The third-order valence-corrected chi connectivity index (χ3v) is 2.87. The van der Waals surface area contributed by atoms with Crippen LogP contribution in [-0.4, -0.2) is 26.6 Å². The molecule has 0 aliphatic heterocycles. The molecular weight excluding hydrogens is 281 g/mol. The van der Waals surface area contributed by atoms with E-state index in [1.165, 1.54) is 24.5 Å². The van der Waals surface area contributed by atoms with Crippen molar-refractivity contribution in [3.8, 4) is 0 Å². The van der Waals surface area contributed by atoms with Gasteiger partial charge in [0.05, 0.1) is 17.4 Å². The second-order valence-corrected chi connectivity index (χ2v) is 4.67. The van der Waals surface area contributed by atoms with Gasteiger partial charge < -0.3 is 10.1 Å². The largest absolute Gasteiger partial charge is 0.478 e. The fourth-order valence-electron chi connectivity index (χ4n) is 1.53. The zero-order valence-corrected chi connectivity index (χ0v) is 10.0. The maximum atomic E-state index is 12.3. The number of alkyl halides is 3. The second-order valence-electron chi connectivity index (χ2n) is 3.53. The molecule has 2 aromatic rings. The van der Waals surface area contributed by atoms with Gasteiger partial charge in [0.15, 0.2) is 0 Å². The van der Waals surface area contributed by atoms with Gasteiger partial charge in [-0.25, -0.2) is 9.78 Å². The van der Waals surface area contributed by atoms with Crippen molar-refractivity contribution < 1.29 is 23.1 Å². The van der Waals surface area contributed by atoms with E-state index in [-0.39, 0.29) is 16.7 Å². The van der Waals surface area contributed by atoms with Crippen molar-refractivity contribution in [2.24, 2.45) is 0 Å². The van der Waals surface area contributed by atoms with Crippen molar-refractivity contribution >= 4 is 34.8 Å². The summed E-state index contributed by atoms with van der Waals surface area (Å²) in [5.41, 5.74) is -3.25. The van der Waals surface area contributed by atoms with E-state index in [2.05, 4.69) is 9.97 Å². The van der Waals surface area contributed by atoms with Crippen molar-refractivity contribution in [1.82, 2.24) is 9.97 Å². The molecule has 0 fully saturated rings. The summed E-state index contributed by atoms with van der Waals surface area (Å²) < 4.78 is 37.0. The molecule has 1 heterocycles. The molecule has 19 heavy (non-hydrogen) atoms. The van der Waals surface area contributed by atoms with Crippen molar-refractivity contribution in [1.29, 1.82) is 0 Å². The monoisotopic (exact) mass is 288 g/mol. The number of nitrogens with one attached hydrogen (secondary N) is 1. The van der Waals surface area contributed by atoms with Crippen LogP contribution in [0.5, 0.6) is 0 Å². The van der Waals surface area contributed by atoms with Crippen molar-refractivity contribution in [2.45, 2.75) is 10.4 Å². The lowest BCUT2D eigenvalue weighted by atomic mass is 10.1. The van der Waals surface area contributed by atoms with Gasteiger partial charge in [-0.15, -0.1) is 0 Å². The summed E-state index contributed by atoms with van der Waals surface area (Å²) >= 11 is -0.262. The fourth-order valence-corrected chi connectivity index (χ4v) is 2.16. The van der Waals surface area contributed by atoms with E-state index in [0.29, 0.717) is 16.6 Å². The highest BCUT2D eigenvalue weighted by Gasteiger charge is 2.29. The average Bonchev–Trinajstić information content (AvgIpc) is 2.71. The lowest BCUT2D eigenvalue weighted by Gasteiger charge is -2.06. The standard InChI is InChI=1S/C11H7F3N2O2S/c12-11(13,14)19-7-3-6(1-2-9(17)18)10-8(4-7)15-5-16-10/h1-5H,(H,15,16)(H,17,18)/b2-1+. The van der Waals surface area contributed by atoms with Gasteiger partial charge in [0.2, 0.25) is 0 Å². The van der Waals surface area contributed by atoms with Crippen LogP contribution in [0.3, 0.4) is 0 Å². The Balaban J connectivity index is 2.48. The van der Waals surface area contributed by atoms with Crippen LogP contribution in [0, 0.1) is 0 Å². The Labute approximate surface area is 109 Å². The highest BCUT2D eigenvalue weighted by molar-refractivity contribution is 8.00. The number of benzene rings is 1. The van der Waals surface area contributed by atoms with E-state index < -0.39 is 11.5 Å². The van der Waals surface area contributed by atoms with E-state index in [1.54, 1.807) is 0 Å². The number of fused-ring (bicyclic) bond motifs is 1. The normalized spacial score (nSPS) is 12.4. The van der Waals surface area contributed by atoms with Gasteiger partial charge in [0.25, 0.3) is 0 Å². The highest BCUT2D eigenvalue weighted by Crippen LogP contribution is 2.38. The van der Waals surface area contributed by atoms with Gasteiger partial charge in [-0.05, 0) is 30.0 Å². The maximum absolute atomic E-state index is 12.3. The van der Waals surface area contributed by atoms with E-state index in [4.69, 9.17) is 5.11 Å². The quantitative estimate of drug-likeness (QED) is 0.672. The first-order chi connectivity index (χ1) is 8.85. The van der Waals surface area contributed by atoms with Crippen LogP contribution in [0.4, 0.5) is 13.2 Å². The molecular formula is C11H7F3N2O2S. The van der Waals surface area contributed by atoms with Crippen LogP contribution >= 0.6 is 11.8 Å². The van der Waals surface area contributed by atoms with Gasteiger partial charge in [-0.1, -0.05) is 0 Å². The summed E-state index contributed by atoms with van der Waals surface area (Å²) in [7, 11) is 0. The third kappa shape index (κ3) is 3.50. The lowest BCUT2D eigenvalue weighted by Crippen LogP contribution is -1.99. The summed E-state index contributed by atoms with van der Waals surface area (Å²) in [4.78, 5) is 17.1. The molecule has 2 rings (SSSR count). The number of aromatic nitrogens is 2. The number of H-pyrrole nitrogens is 1. The summed E-state index contributed by atoms with van der Waals surface area (Å²) in [5.74, 6) is -1.18. The van der Waals surface area contributed by atoms with Crippen LogP contribution in [0.25, 0.3) is 17.1 Å². The zero-order chi connectivity index (χ0) is 14.0. The first-order valence-electron chi connectivity index (χ1n) is 4.99. The molecule has 100 valence electrons. The smallest absolute Gasteiger partial charge is 0.446 e. The summed E-state index contributed by atoms with van der Waals surface area (Å²) in [5, 5.41) is 8.55. The molecule has 0 unspecified atom stereocenters. The molecule has 0 saturated carbocycles. The van der Waals surface area contributed by atoms with E-state index >= 15 is 0 Å². The fraction of sp³-hybridized carbons (Fsp3) is 0.0909. The van der Waals surface area contributed by atoms with Crippen LogP contribution in [0.1, 0.15) is 5.56 Å². The number of carboxylic acid groups (broad SMARTS) is 1. The average molecular weight is 288 g/mol. The molecule has 1 aromatic heterocycles. The number of rotatable bonds is 3. The Hall–Kier alpha value is -1.96. The molecule has 8 heteroatoms. The number of aromatic amines is 1. The predicted octanol–water partition coefficient (Wildman–Crippen LogP) is 3.27. The molecule has 0 saturated heterocycles. The number of carboxylic acids is 1. The van der Waals surface area contributed by atoms with Gasteiger partial charge in [0, 0.05) is 16.5 Å². The molecule has 0 aliphatic rings. The van der Waals surface area contributed by atoms with Gasteiger partial charge >= 0.3 is 11.5 Å². The SMILES string of the molecule is O=C(O)/C=C/c1cc(SC(F)(F)F)cc2[nH]cnc12. The minimum Gasteiger partial charge on any atom is -0.478 e. The lowest BCUT2D eigenvalue weighted by molar-refractivity contribution is -0.131. The molecule has 0 amide bonds. The highest BCUT2D eigenvalue weighted by atomic mass is 32.2. The van der Waals surface area contributed by atoms with Crippen molar-refractivity contribution in [3.05, 3.63) is 30.1 Å². The Bertz CT molecular complexity index is 649. The third-order valence-electron chi connectivity index (χ3n) is 2.17. The first-order valence-corrected chi connectivity index (χ1v) is 5.81. The second kappa shape index (κ2) is 4.96. The molecule has 0 spiro atoms. The Kier molecular flexibility index (Phi) is 3.52. The minimum atomic E-state index is -4.40. The van der Waals surface area contributed by atoms with E-state index in [9.17, 15) is 18.0 Å². The van der Waals surface area contributed by atoms with Crippen LogP contribution < -0.4 is 0 Å². The van der Waals surface area contributed by atoms with Gasteiger partial charge in [-0.2, -0.15) is 13.2 Å². The van der Waals surface area contributed by atoms with Crippen LogP contribution in [-0.2, 0) is 4.79 Å². The number of thioether (sulfide) groups is 1. The minimum absolute atomic E-state index is 0.0331.